The van der Waals surface area contributed by atoms with Gasteiger partial charge in [-0.1, -0.05) is 0 Å². The predicted octanol–water partition coefficient (Wildman–Crippen LogP) is 2.19. The van der Waals surface area contributed by atoms with E-state index in [2.05, 4.69) is 29.5 Å². The number of rotatable bonds is 2. The van der Waals surface area contributed by atoms with Crippen LogP contribution in [-0.4, -0.2) is 27.9 Å². The maximum absolute atomic E-state index is 4.76. The van der Waals surface area contributed by atoms with Crippen LogP contribution in [0.4, 0.5) is 0 Å². The van der Waals surface area contributed by atoms with Crippen LogP contribution < -0.4 is 5.32 Å². The van der Waals surface area contributed by atoms with Crippen molar-refractivity contribution in [3.63, 3.8) is 0 Å². The van der Waals surface area contributed by atoms with Crippen LogP contribution in [0.15, 0.2) is 18.5 Å². The van der Waals surface area contributed by atoms with E-state index in [0.717, 1.165) is 13.1 Å². The van der Waals surface area contributed by atoms with Crippen molar-refractivity contribution in [2.75, 3.05) is 13.1 Å². The topological polar surface area (TPSA) is 45.6 Å². The van der Waals surface area contributed by atoms with E-state index in [1.54, 1.807) is 0 Å². The summed E-state index contributed by atoms with van der Waals surface area (Å²) in [6.45, 7) is 4.36. The molecule has 2 aromatic heterocycles. The molecule has 4 heteroatoms. The summed E-state index contributed by atoms with van der Waals surface area (Å²) in [7, 11) is 2.04. The molecule has 18 heavy (non-hydrogen) atoms. The van der Waals surface area contributed by atoms with Crippen molar-refractivity contribution in [2.24, 2.45) is 7.05 Å². The summed E-state index contributed by atoms with van der Waals surface area (Å²) < 4.78 is 2.01. The van der Waals surface area contributed by atoms with Gasteiger partial charge >= 0.3 is 0 Å². The summed E-state index contributed by atoms with van der Waals surface area (Å²) >= 11 is 0. The van der Waals surface area contributed by atoms with Gasteiger partial charge < -0.3 is 10.3 Å². The molecule has 1 saturated heterocycles. The molecule has 3 heterocycles. The average Bonchev–Trinajstić information content (AvgIpc) is 3.00. The smallest absolute Gasteiger partial charge is 0.0738 e. The Hall–Kier alpha value is -1.55. The molecular formula is C14H20N4. The molecule has 1 aliphatic rings. The van der Waals surface area contributed by atoms with Crippen molar-refractivity contribution in [2.45, 2.75) is 25.7 Å². The third-order valence-corrected chi connectivity index (χ3v) is 3.97. The Balaban J connectivity index is 2.06. The van der Waals surface area contributed by atoms with Crippen LogP contribution in [0.2, 0.25) is 0 Å². The van der Waals surface area contributed by atoms with E-state index < -0.39 is 0 Å². The average molecular weight is 244 g/mol. The fourth-order valence-electron chi connectivity index (χ4n) is 2.85. The van der Waals surface area contributed by atoms with Crippen molar-refractivity contribution in [1.82, 2.24) is 20.1 Å². The lowest BCUT2D eigenvalue weighted by atomic mass is 9.90. The van der Waals surface area contributed by atoms with Crippen molar-refractivity contribution in [1.29, 1.82) is 0 Å². The standard InChI is InChI=1S/C14H20N4/c1-10-13(12-5-8-16-9-12)14(17-18(10)2)11-3-6-15-7-4-11/h5,8-9,11,15-16H,3-4,6-7H2,1-2H3. The quantitative estimate of drug-likeness (QED) is 0.850. The summed E-state index contributed by atoms with van der Waals surface area (Å²) in [5.74, 6) is 0.594. The second-order valence-corrected chi connectivity index (χ2v) is 5.09. The Morgan fingerprint density at radius 2 is 2.11 bits per heavy atom. The minimum atomic E-state index is 0.594. The molecule has 0 aliphatic carbocycles. The zero-order valence-electron chi connectivity index (χ0n) is 11.0. The van der Waals surface area contributed by atoms with E-state index in [-0.39, 0.29) is 0 Å². The number of nitrogens with one attached hydrogen (secondary N) is 2. The molecule has 1 fully saturated rings. The highest BCUT2D eigenvalue weighted by atomic mass is 15.3. The number of hydrogen-bond acceptors (Lipinski definition) is 2. The molecule has 1 aliphatic heterocycles. The monoisotopic (exact) mass is 244 g/mol. The van der Waals surface area contributed by atoms with Gasteiger partial charge in [0, 0.05) is 42.2 Å². The van der Waals surface area contributed by atoms with Crippen LogP contribution in [0.25, 0.3) is 11.1 Å². The van der Waals surface area contributed by atoms with Crippen molar-refractivity contribution >= 4 is 0 Å². The third kappa shape index (κ3) is 1.86. The largest absolute Gasteiger partial charge is 0.367 e. The lowest BCUT2D eigenvalue weighted by Crippen LogP contribution is -2.27. The van der Waals surface area contributed by atoms with Crippen LogP contribution in [-0.2, 0) is 7.05 Å². The molecule has 96 valence electrons. The van der Waals surface area contributed by atoms with E-state index in [1.165, 1.54) is 35.4 Å². The molecule has 0 saturated carbocycles. The molecule has 0 atom stereocenters. The Morgan fingerprint density at radius 3 is 2.78 bits per heavy atom. The van der Waals surface area contributed by atoms with Crippen LogP contribution in [0.5, 0.6) is 0 Å². The summed E-state index contributed by atoms with van der Waals surface area (Å²) in [5, 5.41) is 8.18. The normalized spacial score (nSPS) is 17.2. The van der Waals surface area contributed by atoms with Crippen molar-refractivity contribution < 1.29 is 0 Å². The Bertz CT molecular complexity index is 518. The first-order valence-corrected chi connectivity index (χ1v) is 6.64. The molecule has 0 unspecified atom stereocenters. The lowest BCUT2D eigenvalue weighted by Gasteiger charge is -2.22. The molecule has 0 aromatic carbocycles. The third-order valence-electron chi connectivity index (χ3n) is 3.97. The van der Waals surface area contributed by atoms with E-state index in [1.807, 2.05) is 17.9 Å². The maximum Gasteiger partial charge on any atom is 0.0738 e. The number of H-pyrrole nitrogens is 1. The summed E-state index contributed by atoms with van der Waals surface area (Å²) in [6, 6.07) is 2.13. The van der Waals surface area contributed by atoms with Gasteiger partial charge in [0.25, 0.3) is 0 Å². The zero-order valence-corrected chi connectivity index (χ0v) is 11.0. The number of aromatic nitrogens is 3. The van der Waals surface area contributed by atoms with Crippen LogP contribution in [0, 0.1) is 6.92 Å². The molecule has 2 aromatic rings. The lowest BCUT2D eigenvalue weighted by molar-refractivity contribution is 0.450. The van der Waals surface area contributed by atoms with Gasteiger partial charge in [0.15, 0.2) is 0 Å². The first-order valence-electron chi connectivity index (χ1n) is 6.64. The van der Waals surface area contributed by atoms with Crippen LogP contribution in [0.3, 0.4) is 0 Å². The van der Waals surface area contributed by atoms with Gasteiger partial charge in [-0.3, -0.25) is 4.68 Å². The fourth-order valence-corrected chi connectivity index (χ4v) is 2.85. The molecular weight excluding hydrogens is 224 g/mol. The molecule has 0 bridgehead atoms. The maximum atomic E-state index is 4.76. The van der Waals surface area contributed by atoms with Gasteiger partial charge in [-0.15, -0.1) is 0 Å². The molecule has 3 rings (SSSR count). The predicted molar refractivity (Wildman–Crippen MR) is 72.6 cm³/mol. The number of hydrogen-bond donors (Lipinski definition) is 2. The van der Waals surface area contributed by atoms with Gasteiger partial charge in [0.05, 0.1) is 5.69 Å². The highest BCUT2D eigenvalue weighted by Crippen LogP contribution is 2.35. The van der Waals surface area contributed by atoms with Gasteiger partial charge in [0.2, 0.25) is 0 Å². The summed E-state index contributed by atoms with van der Waals surface area (Å²) in [5.41, 5.74) is 5.11. The number of nitrogens with zero attached hydrogens (tertiary/aromatic N) is 2. The first kappa shape index (κ1) is 11.5. The van der Waals surface area contributed by atoms with Crippen LogP contribution in [0.1, 0.15) is 30.1 Å². The minimum Gasteiger partial charge on any atom is -0.367 e. The fraction of sp³-hybridized carbons (Fsp3) is 0.500. The Labute approximate surface area is 107 Å². The number of piperidine rings is 1. The molecule has 0 spiro atoms. The summed E-state index contributed by atoms with van der Waals surface area (Å²) in [4.78, 5) is 3.15. The van der Waals surface area contributed by atoms with Gasteiger partial charge in [-0.2, -0.15) is 5.10 Å². The molecule has 2 N–H and O–H groups in total. The van der Waals surface area contributed by atoms with Gasteiger partial charge in [0.1, 0.15) is 0 Å². The first-order chi connectivity index (χ1) is 8.77. The Kier molecular flexibility index (Phi) is 2.96. The van der Waals surface area contributed by atoms with Crippen molar-refractivity contribution in [3.8, 4) is 11.1 Å². The van der Waals surface area contributed by atoms with Crippen LogP contribution >= 0.6 is 0 Å². The minimum absolute atomic E-state index is 0.594. The second kappa shape index (κ2) is 4.61. The van der Waals surface area contributed by atoms with Crippen molar-refractivity contribution in [3.05, 3.63) is 29.8 Å². The van der Waals surface area contributed by atoms with E-state index >= 15 is 0 Å². The molecule has 0 radical (unpaired) electrons. The number of aromatic amines is 1. The van der Waals surface area contributed by atoms with Gasteiger partial charge in [-0.25, -0.2) is 0 Å². The van der Waals surface area contributed by atoms with E-state index in [4.69, 9.17) is 5.10 Å². The van der Waals surface area contributed by atoms with E-state index in [9.17, 15) is 0 Å². The molecule has 0 amide bonds. The SMILES string of the molecule is Cc1c(-c2cc[nH]c2)c(C2CCNCC2)nn1C. The second-order valence-electron chi connectivity index (χ2n) is 5.09. The summed E-state index contributed by atoms with van der Waals surface area (Å²) in [6.07, 6.45) is 6.42. The van der Waals surface area contributed by atoms with E-state index in [0.29, 0.717) is 5.92 Å². The zero-order chi connectivity index (χ0) is 12.5. The highest BCUT2D eigenvalue weighted by molar-refractivity contribution is 5.68. The Morgan fingerprint density at radius 1 is 1.33 bits per heavy atom. The highest BCUT2D eigenvalue weighted by Gasteiger charge is 2.24. The van der Waals surface area contributed by atoms with Gasteiger partial charge in [-0.05, 0) is 38.9 Å². The molecule has 4 nitrogen and oxygen atoms in total. The number of aryl methyl sites for hydroxylation is 1.